The number of aryl methyl sites for hydroxylation is 1. The molecule has 2 fully saturated rings. The minimum atomic E-state index is -1.41. The summed E-state index contributed by atoms with van der Waals surface area (Å²) in [6.07, 6.45) is 3.93. The predicted molar refractivity (Wildman–Crippen MR) is 126 cm³/mol. The zero-order chi connectivity index (χ0) is 23.7. The van der Waals surface area contributed by atoms with Gasteiger partial charge in [-0.05, 0) is 42.6 Å². The van der Waals surface area contributed by atoms with Gasteiger partial charge in [-0.15, -0.1) is 0 Å². The van der Waals surface area contributed by atoms with Crippen molar-refractivity contribution >= 4 is 17.8 Å². The van der Waals surface area contributed by atoms with Crippen LogP contribution in [0, 0.1) is 0 Å². The van der Waals surface area contributed by atoms with Gasteiger partial charge in [0.05, 0.1) is 12.6 Å². The maximum atomic E-state index is 13.7. The molecule has 2 N–H and O–H groups in total. The molecule has 2 aliphatic heterocycles. The van der Waals surface area contributed by atoms with E-state index in [1.165, 1.54) is 0 Å². The van der Waals surface area contributed by atoms with E-state index in [2.05, 4.69) is 26.3 Å². The molecule has 3 aromatic rings. The normalized spacial score (nSPS) is 19.9. The molecule has 0 spiro atoms. The van der Waals surface area contributed by atoms with Crippen molar-refractivity contribution < 1.29 is 14.4 Å². The largest absolute Gasteiger partial charge is 0.353 e. The van der Waals surface area contributed by atoms with Gasteiger partial charge in [0.15, 0.2) is 5.54 Å². The Morgan fingerprint density at radius 3 is 2.24 bits per heavy atom. The molecule has 8 heteroatoms. The SMILES string of the molecule is Cn1cccc1[C@@H]1CCCN1CC(=O)NN1C(=O)NC(c2ccccc2)(c2ccccc2)C1=O. The average molecular weight is 458 g/mol. The predicted octanol–water partition coefficient (Wildman–Crippen LogP) is 2.69. The zero-order valence-electron chi connectivity index (χ0n) is 19.0. The van der Waals surface area contributed by atoms with Crippen LogP contribution in [0.3, 0.4) is 0 Å². The second-order valence-electron chi connectivity index (χ2n) is 8.76. The Kier molecular flexibility index (Phi) is 5.67. The van der Waals surface area contributed by atoms with Gasteiger partial charge < -0.3 is 9.88 Å². The number of carbonyl (C=O) groups excluding carboxylic acids is 3. The lowest BCUT2D eigenvalue weighted by atomic mass is 9.83. The number of nitrogens with one attached hydrogen (secondary N) is 2. The van der Waals surface area contributed by atoms with E-state index in [-0.39, 0.29) is 12.6 Å². The third-order valence-electron chi connectivity index (χ3n) is 6.71. The Morgan fingerprint density at radius 2 is 1.65 bits per heavy atom. The van der Waals surface area contributed by atoms with Crippen LogP contribution in [0.4, 0.5) is 4.79 Å². The highest BCUT2D eigenvalue weighted by atomic mass is 16.2. The molecule has 2 saturated heterocycles. The topological polar surface area (TPSA) is 86.7 Å². The number of hydrazine groups is 1. The fourth-order valence-electron chi connectivity index (χ4n) is 5.08. The molecule has 0 unspecified atom stereocenters. The first-order valence-electron chi connectivity index (χ1n) is 11.4. The molecule has 174 valence electrons. The van der Waals surface area contributed by atoms with Crippen LogP contribution in [-0.4, -0.2) is 45.4 Å². The van der Waals surface area contributed by atoms with Gasteiger partial charge in [-0.1, -0.05) is 60.7 Å². The third kappa shape index (κ3) is 3.66. The van der Waals surface area contributed by atoms with Gasteiger partial charge in [-0.25, -0.2) is 4.79 Å². The van der Waals surface area contributed by atoms with E-state index in [1.807, 2.05) is 55.7 Å². The van der Waals surface area contributed by atoms with Crippen molar-refractivity contribution in [1.29, 1.82) is 0 Å². The van der Waals surface area contributed by atoms with Crippen LogP contribution >= 0.6 is 0 Å². The summed E-state index contributed by atoms with van der Waals surface area (Å²) in [6, 6.07) is 21.7. The number of rotatable bonds is 6. The van der Waals surface area contributed by atoms with Crippen molar-refractivity contribution in [3.05, 3.63) is 95.8 Å². The van der Waals surface area contributed by atoms with Crippen LogP contribution in [0.2, 0.25) is 0 Å². The first-order valence-corrected chi connectivity index (χ1v) is 11.4. The van der Waals surface area contributed by atoms with Gasteiger partial charge in [0.1, 0.15) is 0 Å². The van der Waals surface area contributed by atoms with Gasteiger partial charge in [-0.3, -0.25) is 19.9 Å². The smallest absolute Gasteiger partial charge is 0.344 e. The van der Waals surface area contributed by atoms with E-state index in [9.17, 15) is 14.4 Å². The highest BCUT2D eigenvalue weighted by molar-refractivity contribution is 6.10. The Hall–Kier alpha value is -3.91. The Bertz CT molecular complexity index is 1170. The number of hydrogen-bond acceptors (Lipinski definition) is 4. The summed E-state index contributed by atoms with van der Waals surface area (Å²) in [7, 11) is 1.99. The zero-order valence-corrected chi connectivity index (χ0v) is 19.0. The van der Waals surface area contributed by atoms with Crippen molar-refractivity contribution in [2.24, 2.45) is 7.05 Å². The molecule has 1 atom stereocenters. The molecule has 34 heavy (non-hydrogen) atoms. The molecule has 1 aromatic heterocycles. The number of nitrogens with zero attached hydrogens (tertiary/aromatic N) is 3. The van der Waals surface area contributed by atoms with Crippen LogP contribution in [-0.2, 0) is 22.2 Å². The highest BCUT2D eigenvalue weighted by Crippen LogP contribution is 2.35. The first kappa shape index (κ1) is 21.9. The number of amides is 4. The lowest BCUT2D eigenvalue weighted by molar-refractivity contribution is -0.139. The molecule has 2 aromatic carbocycles. The molecular formula is C26H27N5O3. The minimum absolute atomic E-state index is 0.0938. The summed E-state index contributed by atoms with van der Waals surface area (Å²) in [4.78, 5) is 41.8. The molecule has 0 aliphatic carbocycles. The fraction of sp³-hybridized carbons (Fsp3) is 0.269. The second-order valence-corrected chi connectivity index (χ2v) is 8.76. The quantitative estimate of drug-likeness (QED) is 0.558. The number of imide groups is 1. The summed E-state index contributed by atoms with van der Waals surface area (Å²) in [6.45, 7) is 0.873. The number of aromatic nitrogens is 1. The Labute approximate surface area is 198 Å². The van der Waals surface area contributed by atoms with E-state index >= 15 is 0 Å². The fourth-order valence-corrected chi connectivity index (χ4v) is 5.08. The Balaban J connectivity index is 1.38. The van der Waals surface area contributed by atoms with Crippen molar-refractivity contribution in [3.63, 3.8) is 0 Å². The number of benzene rings is 2. The summed E-state index contributed by atoms with van der Waals surface area (Å²) in [5.74, 6) is -0.940. The summed E-state index contributed by atoms with van der Waals surface area (Å²) in [5.41, 5.74) is 3.55. The maximum absolute atomic E-state index is 13.7. The molecule has 3 heterocycles. The molecule has 0 radical (unpaired) electrons. The standard InChI is InChI=1S/C26H27N5O3/c1-29-16-8-14-21(29)22-15-9-17-30(22)18-23(32)28-31-24(33)26(27-25(31)34,19-10-4-2-5-11-19)20-12-6-3-7-13-20/h2-8,10-14,16,22H,9,15,17-18H2,1H3,(H,27,34)(H,28,32)/t22-/m0/s1. The van der Waals surface area contributed by atoms with Gasteiger partial charge in [0, 0.05) is 18.9 Å². The lowest BCUT2D eigenvalue weighted by Gasteiger charge is -2.28. The average Bonchev–Trinajstić information content (AvgIpc) is 3.55. The van der Waals surface area contributed by atoms with Crippen molar-refractivity contribution in [3.8, 4) is 0 Å². The van der Waals surface area contributed by atoms with E-state index in [4.69, 9.17) is 0 Å². The lowest BCUT2D eigenvalue weighted by Crippen LogP contribution is -2.51. The molecule has 5 rings (SSSR count). The van der Waals surface area contributed by atoms with Crippen LogP contribution in [0.15, 0.2) is 79.0 Å². The van der Waals surface area contributed by atoms with Crippen LogP contribution in [0.5, 0.6) is 0 Å². The molecule has 4 amide bonds. The second kappa shape index (κ2) is 8.79. The first-order chi connectivity index (χ1) is 16.5. The van der Waals surface area contributed by atoms with Gasteiger partial charge in [-0.2, -0.15) is 5.01 Å². The monoisotopic (exact) mass is 457 g/mol. The Morgan fingerprint density at radius 1 is 1.00 bits per heavy atom. The number of carbonyl (C=O) groups is 3. The van der Waals surface area contributed by atoms with Gasteiger partial charge >= 0.3 is 6.03 Å². The minimum Gasteiger partial charge on any atom is -0.353 e. The van der Waals surface area contributed by atoms with E-state index in [0.29, 0.717) is 11.1 Å². The number of urea groups is 1. The van der Waals surface area contributed by atoms with Crippen molar-refractivity contribution in [1.82, 2.24) is 25.2 Å². The molecule has 2 aliphatic rings. The van der Waals surface area contributed by atoms with Gasteiger partial charge in [0.2, 0.25) is 0 Å². The van der Waals surface area contributed by atoms with Crippen molar-refractivity contribution in [2.45, 2.75) is 24.4 Å². The van der Waals surface area contributed by atoms with Gasteiger partial charge in [0.25, 0.3) is 11.8 Å². The van der Waals surface area contributed by atoms with Crippen LogP contribution < -0.4 is 10.7 Å². The maximum Gasteiger partial charge on any atom is 0.344 e. The van der Waals surface area contributed by atoms with E-state index in [0.717, 1.165) is 30.1 Å². The molecule has 0 saturated carbocycles. The number of likely N-dealkylation sites (tertiary alicyclic amines) is 1. The summed E-state index contributed by atoms with van der Waals surface area (Å²) < 4.78 is 2.06. The summed E-state index contributed by atoms with van der Waals surface area (Å²) >= 11 is 0. The highest BCUT2D eigenvalue weighted by Gasteiger charge is 2.54. The summed E-state index contributed by atoms with van der Waals surface area (Å²) in [5, 5.41) is 3.66. The van der Waals surface area contributed by atoms with E-state index < -0.39 is 23.4 Å². The molecule has 0 bridgehead atoms. The van der Waals surface area contributed by atoms with E-state index in [1.54, 1.807) is 24.3 Å². The van der Waals surface area contributed by atoms with Crippen LogP contribution in [0.1, 0.15) is 35.7 Å². The molecule has 8 nitrogen and oxygen atoms in total. The third-order valence-corrected chi connectivity index (χ3v) is 6.71. The molecular weight excluding hydrogens is 430 g/mol. The van der Waals surface area contributed by atoms with Crippen molar-refractivity contribution in [2.75, 3.05) is 13.1 Å². The van der Waals surface area contributed by atoms with Crippen LogP contribution in [0.25, 0.3) is 0 Å². The number of hydrogen-bond donors (Lipinski definition) is 2.